The third-order valence-electron chi connectivity index (χ3n) is 5.62. The van der Waals surface area contributed by atoms with Crippen LogP contribution in [0.4, 0.5) is 11.6 Å². The summed E-state index contributed by atoms with van der Waals surface area (Å²) >= 11 is 6.11. The molecule has 1 aliphatic rings. The molecule has 2 aromatic heterocycles. The largest absolute Gasteiger partial charge is 0.459 e. The van der Waals surface area contributed by atoms with Gasteiger partial charge in [0.25, 0.3) is 11.8 Å². The second-order valence-electron chi connectivity index (χ2n) is 7.96. The molecule has 2 N–H and O–H groups in total. The number of benzene rings is 1. The van der Waals surface area contributed by atoms with Crippen molar-refractivity contribution in [1.82, 2.24) is 10.3 Å². The maximum absolute atomic E-state index is 13.0. The maximum Gasteiger partial charge on any atom is 0.266 e. The Morgan fingerprint density at radius 3 is 2.76 bits per heavy atom. The first-order valence-corrected chi connectivity index (χ1v) is 11.5. The zero-order valence-corrected chi connectivity index (χ0v) is 19.4. The molecule has 9 nitrogen and oxygen atoms in total. The van der Waals surface area contributed by atoms with Crippen molar-refractivity contribution in [3.63, 3.8) is 0 Å². The highest BCUT2D eigenvalue weighted by Gasteiger charge is 2.30. The summed E-state index contributed by atoms with van der Waals surface area (Å²) in [7, 11) is 0. The zero-order valence-electron chi connectivity index (χ0n) is 18.6. The normalized spacial score (nSPS) is 14.0. The Hall–Kier alpha value is -3.77. The Kier molecular flexibility index (Phi) is 7.18. The lowest BCUT2D eigenvalue weighted by Gasteiger charge is -2.31. The van der Waals surface area contributed by atoms with Crippen LogP contribution in [0.25, 0.3) is 11.7 Å². The molecular weight excluding hydrogens is 458 g/mol. The average Bonchev–Trinajstić information content (AvgIpc) is 3.52. The van der Waals surface area contributed by atoms with Crippen molar-refractivity contribution in [3.05, 3.63) is 52.9 Å². The molecule has 10 heteroatoms. The number of anilines is 2. The molecule has 0 bridgehead atoms. The molecule has 0 radical (unpaired) electrons. The summed E-state index contributed by atoms with van der Waals surface area (Å²) in [5, 5.41) is 15.6. The van der Waals surface area contributed by atoms with Gasteiger partial charge >= 0.3 is 0 Å². The number of aromatic nitrogens is 1. The van der Waals surface area contributed by atoms with Gasteiger partial charge in [0.1, 0.15) is 6.07 Å². The van der Waals surface area contributed by atoms with Crippen LogP contribution < -0.4 is 15.5 Å². The standard InChI is InChI=1S/C24H24ClN5O4/c1-2-9-27-22(32)17-6-5-16(25)13-18(17)28-21(31)15-7-10-30(11-8-15)24-19(14-26)29-23(34-24)20-4-3-12-33-20/h3-6,12-13,15H,2,7-11H2,1H3,(H,27,32)(H,28,31). The van der Waals surface area contributed by atoms with Crippen LogP contribution in [0, 0.1) is 17.2 Å². The first-order valence-electron chi connectivity index (χ1n) is 11.1. The molecule has 3 heterocycles. The van der Waals surface area contributed by atoms with Gasteiger partial charge in [0, 0.05) is 30.6 Å². The predicted octanol–water partition coefficient (Wildman–Crippen LogP) is 4.45. The molecule has 1 aromatic carbocycles. The molecule has 0 atom stereocenters. The molecule has 0 unspecified atom stereocenters. The van der Waals surface area contributed by atoms with E-state index >= 15 is 0 Å². The monoisotopic (exact) mass is 481 g/mol. The number of oxazole rings is 1. The number of nitrogens with zero attached hydrogens (tertiary/aromatic N) is 3. The third kappa shape index (κ3) is 5.07. The number of nitrogens with one attached hydrogen (secondary N) is 2. The van der Waals surface area contributed by atoms with Gasteiger partial charge in [0.2, 0.25) is 17.5 Å². The van der Waals surface area contributed by atoms with Crippen molar-refractivity contribution < 1.29 is 18.4 Å². The highest BCUT2D eigenvalue weighted by atomic mass is 35.5. The number of carbonyl (C=O) groups excluding carboxylic acids is 2. The number of halogens is 1. The minimum atomic E-state index is -0.264. The Bertz CT molecular complexity index is 1210. The smallest absolute Gasteiger partial charge is 0.266 e. The molecule has 2 amide bonds. The van der Waals surface area contributed by atoms with Gasteiger partial charge < -0.3 is 24.4 Å². The van der Waals surface area contributed by atoms with Crippen LogP contribution in [-0.2, 0) is 4.79 Å². The Morgan fingerprint density at radius 2 is 2.09 bits per heavy atom. The van der Waals surface area contributed by atoms with E-state index in [1.54, 1.807) is 30.3 Å². The van der Waals surface area contributed by atoms with Crippen molar-refractivity contribution in [2.75, 3.05) is 29.9 Å². The molecule has 176 valence electrons. The lowest BCUT2D eigenvalue weighted by atomic mass is 9.95. The molecule has 34 heavy (non-hydrogen) atoms. The van der Waals surface area contributed by atoms with E-state index in [2.05, 4.69) is 21.7 Å². The number of carbonyl (C=O) groups is 2. The number of furan rings is 1. The molecule has 1 fully saturated rings. The van der Waals surface area contributed by atoms with Crippen LogP contribution in [0.5, 0.6) is 0 Å². The lowest BCUT2D eigenvalue weighted by molar-refractivity contribution is -0.120. The van der Waals surface area contributed by atoms with Crippen LogP contribution in [-0.4, -0.2) is 36.4 Å². The highest BCUT2D eigenvalue weighted by molar-refractivity contribution is 6.31. The van der Waals surface area contributed by atoms with Crippen LogP contribution in [0.3, 0.4) is 0 Å². The average molecular weight is 482 g/mol. The van der Waals surface area contributed by atoms with E-state index in [1.807, 2.05) is 11.8 Å². The predicted molar refractivity (Wildman–Crippen MR) is 127 cm³/mol. The molecule has 0 saturated carbocycles. The lowest BCUT2D eigenvalue weighted by Crippen LogP contribution is -2.38. The molecular formula is C24H24ClN5O4. The summed E-state index contributed by atoms with van der Waals surface area (Å²) < 4.78 is 11.1. The van der Waals surface area contributed by atoms with Gasteiger partial charge in [0.15, 0.2) is 5.76 Å². The van der Waals surface area contributed by atoms with E-state index in [1.165, 1.54) is 6.26 Å². The van der Waals surface area contributed by atoms with Gasteiger partial charge in [0.05, 0.1) is 17.5 Å². The topological polar surface area (TPSA) is 124 Å². The molecule has 4 rings (SSSR count). The molecule has 1 saturated heterocycles. The first kappa shape index (κ1) is 23.4. The maximum atomic E-state index is 13.0. The van der Waals surface area contributed by atoms with Crippen molar-refractivity contribution in [3.8, 4) is 17.7 Å². The summed E-state index contributed by atoms with van der Waals surface area (Å²) in [5.41, 5.74) is 0.934. The number of hydrogen-bond donors (Lipinski definition) is 2. The van der Waals surface area contributed by atoms with Gasteiger partial charge in [-0.25, -0.2) is 0 Å². The van der Waals surface area contributed by atoms with Gasteiger partial charge in [-0.3, -0.25) is 9.59 Å². The highest BCUT2D eigenvalue weighted by Crippen LogP contribution is 2.32. The molecule has 3 aromatic rings. The summed E-state index contributed by atoms with van der Waals surface area (Å²) in [6, 6.07) is 10.3. The molecule has 0 spiro atoms. The second kappa shape index (κ2) is 10.4. The Morgan fingerprint density at radius 1 is 1.29 bits per heavy atom. The number of hydrogen-bond acceptors (Lipinski definition) is 7. The SMILES string of the molecule is CCCNC(=O)c1ccc(Cl)cc1NC(=O)C1CCN(c2oc(-c3ccco3)nc2C#N)CC1. The number of amides is 2. The van der Waals surface area contributed by atoms with E-state index in [0.29, 0.717) is 60.4 Å². The fraction of sp³-hybridized carbons (Fsp3) is 0.333. The quantitative estimate of drug-likeness (QED) is 0.510. The van der Waals surface area contributed by atoms with Crippen LogP contribution in [0.2, 0.25) is 5.02 Å². The van der Waals surface area contributed by atoms with E-state index in [4.69, 9.17) is 20.4 Å². The molecule has 1 aliphatic heterocycles. The van der Waals surface area contributed by atoms with Crippen LogP contribution in [0.15, 0.2) is 45.4 Å². The zero-order chi connectivity index (χ0) is 24.1. The van der Waals surface area contributed by atoms with E-state index in [0.717, 1.165) is 6.42 Å². The summed E-state index contributed by atoms with van der Waals surface area (Å²) in [4.78, 5) is 31.6. The Balaban J connectivity index is 1.42. The van der Waals surface area contributed by atoms with Crippen LogP contribution >= 0.6 is 11.6 Å². The first-order chi connectivity index (χ1) is 16.5. The van der Waals surface area contributed by atoms with Gasteiger partial charge in [-0.2, -0.15) is 10.2 Å². The fourth-order valence-electron chi connectivity index (χ4n) is 3.84. The van der Waals surface area contributed by atoms with E-state index < -0.39 is 0 Å². The van der Waals surface area contributed by atoms with Crippen molar-refractivity contribution in [1.29, 1.82) is 5.26 Å². The van der Waals surface area contributed by atoms with Gasteiger partial charge in [-0.05, 0) is 49.6 Å². The summed E-state index contributed by atoms with van der Waals surface area (Å²) in [6.45, 7) is 3.53. The van der Waals surface area contributed by atoms with Gasteiger partial charge in [-0.15, -0.1) is 0 Å². The fourth-order valence-corrected chi connectivity index (χ4v) is 4.01. The van der Waals surface area contributed by atoms with Crippen molar-refractivity contribution >= 4 is 35.0 Å². The summed E-state index contributed by atoms with van der Waals surface area (Å²) in [5.74, 6) is 0.354. The number of piperidine rings is 1. The van der Waals surface area contributed by atoms with Gasteiger partial charge in [-0.1, -0.05) is 18.5 Å². The number of rotatable bonds is 7. The minimum Gasteiger partial charge on any atom is -0.459 e. The van der Waals surface area contributed by atoms with Crippen molar-refractivity contribution in [2.24, 2.45) is 5.92 Å². The third-order valence-corrected chi connectivity index (χ3v) is 5.85. The van der Waals surface area contributed by atoms with E-state index in [9.17, 15) is 14.9 Å². The Labute approximate surface area is 201 Å². The van der Waals surface area contributed by atoms with E-state index in [-0.39, 0.29) is 29.3 Å². The molecule has 0 aliphatic carbocycles. The van der Waals surface area contributed by atoms with Crippen molar-refractivity contribution in [2.45, 2.75) is 26.2 Å². The number of nitriles is 1. The second-order valence-corrected chi connectivity index (χ2v) is 8.39. The minimum absolute atomic E-state index is 0.177. The summed E-state index contributed by atoms with van der Waals surface area (Å²) in [6.07, 6.45) is 3.41. The van der Waals surface area contributed by atoms with Crippen LogP contribution in [0.1, 0.15) is 42.2 Å².